The van der Waals surface area contributed by atoms with Crippen LogP contribution in [0.15, 0.2) is 121 Å². The zero-order valence-corrected chi connectivity index (χ0v) is 27.9. The molecule has 2 fully saturated rings. The molecule has 50 heavy (non-hydrogen) atoms. The first-order chi connectivity index (χ1) is 24.3. The number of hydrogen-bond donors (Lipinski definition) is 1. The maximum atomic E-state index is 15.1. The van der Waals surface area contributed by atoms with Gasteiger partial charge in [0.2, 0.25) is 11.8 Å². The molecule has 6 atom stereocenters. The van der Waals surface area contributed by atoms with E-state index in [4.69, 9.17) is 4.74 Å². The number of ether oxygens (including phenoxy) is 1. The molecular formula is C43H37NO6. The quantitative estimate of drug-likeness (QED) is 0.176. The second-order valence-corrected chi connectivity index (χ2v) is 13.7. The molecule has 8 rings (SSSR count). The van der Waals surface area contributed by atoms with E-state index in [9.17, 15) is 14.7 Å². The van der Waals surface area contributed by atoms with E-state index in [0.717, 1.165) is 17.6 Å². The summed E-state index contributed by atoms with van der Waals surface area (Å²) in [4.78, 5) is 60.1. The number of rotatable bonds is 6. The fourth-order valence-electron chi connectivity index (χ4n) is 9.24. The second-order valence-electron chi connectivity index (χ2n) is 13.7. The van der Waals surface area contributed by atoms with Crippen LogP contribution in [0.1, 0.15) is 47.9 Å². The Hall–Kier alpha value is -5.56. The molecule has 1 aliphatic heterocycles. The average Bonchev–Trinajstić information content (AvgIpc) is 3.42. The number of benzene rings is 4. The van der Waals surface area contributed by atoms with Crippen LogP contribution in [-0.2, 0) is 31.0 Å². The minimum atomic E-state index is -1.43. The summed E-state index contributed by atoms with van der Waals surface area (Å²) in [6.07, 6.45) is 4.80. The van der Waals surface area contributed by atoms with Crippen molar-refractivity contribution in [1.29, 1.82) is 0 Å². The van der Waals surface area contributed by atoms with E-state index in [0.29, 0.717) is 40.1 Å². The lowest BCUT2D eigenvalue weighted by Gasteiger charge is -2.55. The van der Waals surface area contributed by atoms with Crippen LogP contribution in [0.5, 0.6) is 11.5 Å². The van der Waals surface area contributed by atoms with Crippen molar-refractivity contribution in [2.24, 2.45) is 23.7 Å². The number of methoxy groups -OCH3 is 1. The number of aryl methyl sites for hydroxylation is 1. The number of allylic oxidation sites excluding steroid dienone is 4. The molecule has 3 aliphatic carbocycles. The summed E-state index contributed by atoms with van der Waals surface area (Å²) in [5, 5.41) is 11.6. The summed E-state index contributed by atoms with van der Waals surface area (Å²) in [6.45, 7) is 2.05. The summed E-state index contributed by atoms with van der Waals surface area (Å²) < 4.78 is 5.61. The van der Waals surface area contributed by atoms with Gasteiger partial charge >= 0.3 is 0 Å². The number of carbonyl (C=O) groups is 4. The molecule has 7 heteroatoms. The van der Waals surface area contributed by atoms with Gasteiger partial charge < -0.3 is 9.84 Å². The largest absolute Gasteiger partial charge is 0.508 e. The van der Waals surface area contributed by atoms with Crippen molar-refractivity contribution in [1.82, 2.24) is 0 Å². The first-order valence-corrected chi connectivity index (χ1v) is 17.2. The first-order valence-electron chi connectivity index (χ1n) is 17.2. The van der Waals surface area contributed by atoms with Gasteiger partial charge in [-0.1, -0.05) is 91.4 Å². The normalized spacial score (nSPS) is 27.2. The molecule has 0 aromatic heterocycles. The average molecular weight is 664 g/mol. The lowest BCUT2D eigenvalue weighted by atomic mass is 9.44. The number of amides is 2. The predicted octanol–water partition coefficient (Wildman–Crippen LogP) is 6.99. The molecule has 4 aliphatic rings. The van der Waals surface area contributed by atoms with Crippen LogP contribution in [0.3, 0.4) is 0 Å². The Balaban J connectivity index is 1.36. The minimum absolute atomic E-state index is 0.0434. The van der Waals surface area contributed by atoms with Crippen LogP contribution in [0.25, 0.3) is 5.57 Å². The molecule has 250 valence electrons. The Kier molecular flexibility index (Phi) is 7.66. The Bertz CT molecular complexity index is 2100. The SMILES string of the molecule is CCc1ccc(N2C(=O)C3CC=C4C(CC5C(=O)C(c6ccccc6)=CC(=O)C5(c5ccccc5)C4c4cc(OC)ccc4O)C3C2=O)cc1. The van der Waals surface area contributed by atoms with E-state index >= 15 is 9.59 Å². The lowest BCUT2D eigenvalue weighted by Crippen LogP contribution is -2.58. The topological polar surface area (TPSA) is 101 Å². The van der Waals surface area contributed by atoms with Crippen LogP contribution in [-0.4, -0.2) is 35.6 Å². The highest BCUT2D eigenvalue weighted by Gasteiger charge is 2.66. The third kappa shape index (κ3) is 4.56. The zero-order valence-electron chi connectivity index (χ0n) is 27.9. The Morgan fingerprint density at radius 1 is 0.840 bits per heavy atom. The summed E-state index contributed by atoms with van der Waals surface area (Å²) >= 11 is 0. The van der Waals surface area contributed by atoms with Crippen LogP contribution in [0, 0.1) is 23.7 Å². The van der Waals surface area contributed by atoms with Crippen molar-refractivity contribution in [3.05, 3.63) is 143 Å². The molecule has 1 N–H and O–H groups in total. The van der Waals surface area contributed by atoms with Crippen molar-refractivity contribution in [3.63, 3.8) is 0 Å². The number of ketones is 2. The smallest absolute Gasteiger partial charge is 0.238 e. The molecule has 4 aromatic rings. The fraction of sp³-hybridized carbons (Fsp3) is 0.256. The number of aromatic hydroxyl groups is 1. The summed E-state index contributed by atoms with van der Waals surface area (Å²) in [5.41, 5.74) is 3.05. The van der Waals surface area contributed by atoms with Crippen molar-refractivity contribution in [2.45, 2.75) is 37.5 Å². The van der Waals surface area contributed by atoms with Crippen molar-refractivity contribution in [3.8, 4) is 11.5 Å². The number of carbonyl (C=O) groups excluding carboxylic acids is 4. The van der Waals surface area contributed by atoms with Gasteiger partial charge in [-0.25, -0.2) is 0 Å². The van der Waals surface area contributed by atoms with Crippen LogP contribution in [0.2, 0.25) is 0 Å². The molecule has 1 heterocycles. The molecular weight excluding hydrogens is 626 g/mol. The monoisotopic (exact) mass is 663 g/mol. The van der Waals surface area contributed by atoms with Crippen LogP contribution < -0.4 is 9.64 Å². The summed E-state index contributed by atoms with van der Waals surface area (Å²) in [6, 6.07) is 30.9. The number of imide groups is 1. The number of nitrogens with zero attached hydrogens (tertiary/aromatic N) is 1. The molecule has 1 saturated carbocycles. The van der Waals surface area contributed by atoms with Gasteiger partial charge in [0.05, 0.1) is 30.0 Å². The standard InChI is InChI=1S/C43H37NO6/c1-3-25-14-16-28(17-15-25)44-41(48)31-20-19-30-33(38(31)42(44)49)23-35-40(47)32(26-10-6-4-7-11-26)24-37(46)43(35,27-12-8-5-9-13-27)39(30)34-22-29(50-2)18-21-36(34)45/h4-19,21-22,24,31,33,35,38-39,45H,3,20,23H2,1-2H3. The van der Waals surface area contributed by atoms with E-state index in [2.05, 4.69) is 0 Å². The van der Waals surface area contributed by atoms with Gasteiger partial charge in [-0.2, -0.15) is 0 Å². The van der Waals surface area contributed by atoms with E-state index in [1.165, 1.54) is 18.1 Å². The maximum Gasteiger partial charge on any atom is 0.238 e. The van der Waals surface area contributed by atoms with E-state index in [-0.39, 0.29) is 35.6 Å². The molecule has 0 bridgehead atoms. The van der Waals surface area contributed by atoms with Crippen molar-refractivity contribution >= 4 is 34.6 Å². The van der Waals surface area contributed by atoms with E-state index < -0.39 is 35.0 Å². The van der Waals surface area contributed by atoms with Crippen molar-refractivity contribution in [2.75, 3.05) is 12.0 Å². The Morgan fingerprint density at radius 3 is 2.22 bits per heavy atom. The van der Waals surface area contributed by atoms with Crippen LogP contribution in [0.4, 0.5) is 5.69 Å². The third-order valence-corrected chi connectivity index (χ3v) is 11.5. The van der Waals surface area contributed by atoms with Crippen molar-refractivity contribution < 1.29 is 29.0 Å². The molecule has 0 radical (unpaired) electrons. The zero-order chi connectivity index (χ0) is 34.7. The van der Waals surface area contributed by atoms with Gasteiger partial charge in [-0.3, -0.25) is 24.1 Å². The highest BCUT2D eigenvalue weighted by molar-refractivity contribution is 6.32. The highest BCUT2D eigenvalue weighted by Crippen LogP contribution is 2.64. The molecule has 0 spiro atoms. The number of anilines is 1. The first kappa shape index (κ1) is 31.7. The van der Waals surface area contributed by atoms with Gasteiger partial charge in [0.1, 0.15) is 11.5 Å². The molecule has 6 unspecified atom stereocenters. The van der Waals surface area contributed by atoms with Gasteiger partial charge in [-0.15, -0.1) is 0 Å². The number of phenolic OH excluding ortho intramolecular Hbond substituents is 1. The second kappa shape index (κ2) is 12.1. The van der Waals surface area contributed by atoms with Gasteiger partial charge in [0.25, 0.3) is 0 Å². The molecule has 2 amide bonds. The number of hydrogen-bond acceptors (Lipinski definition) is 6. The molecule has 1 saturated heterocycles. The number of phenols is 1. The molecule has 4 aromatic carbocycles. The van der Waals surface area contributed by atoms with E-state index in [1.807, 2.05) is 97.9 Å². The number of fused-ring (bicyclic) bond motifs is 4. The third-order valence-electron chi connectivity index (χ3n) is 11.5. The summed E-state index contributed by atoms with van der Waals surface area (Å²) in [5.74, 6) is -4.14. The Morgan fingerprint density at radius 2 is 1.54 bits per heavy atom. The lowest BCUT2D eigenvalue weighted by molar-refractivity contribution is -0.135. The van der Waals surface area contributed by atoms with Gasteiger partial charge in [0, 0.05) is 23.0 Å². The predicted molar refractivity (Wildman–Crippen MR) is 190 cm³/mol. The van der Waals surface area contributed by atoms with Gasteiger partial charge in [0.15, 0.2) is 11.6 Å². The van der Waals surface area contributed by atoms with Crippen LogP contribution >= 0.6 is 0 Å². The minimum Gasteiger partial charge on any atom is -0.508 e. The Labute approximate surface area is 290 Å². The van der Waals surface area contributed by atoms with E-state index in [1.54, 1.807) is 18.2 Å². The maximum absolute atomic E-state index is 15.1. The number of Topliss-reactive ketones (excluding diaryl/α,β-unsaturated/α-hetero) is 1. The highest BCUT2D eigenvalue weighted by atomic mass is 16.5. The summed E-state index contributed by atoms with van der Waals surface area (Å²) in [7, 11) is 1.54. The molecule has 7 nitrogen and oxygen atoms in total. The van der Waals surface area contributed by atoms with Gasteiger partial charge in [-0.05, 0) is 78.3 Å². The fourth-order valence-corrected chi connectivity index (χ4v) is 9.24.